The molecule has 0 spiro atoms. The Morgan fingerprint density at radius 1 is 1.16 bits per heavy atom. The van der Waals surface area contributed by atoms with Crippen LogP contribution in [0.2, 0.25) is 0 Å². The van der Waals surface area contributed by atoms with Gasteiger partial charge in [0.15, 0.2) is 0 Å². The van der Waals surface area contributed by atoms with E-state index in [1.807, 2.05) is 23.6 Å². The second kappa shape index (κ2) is 9.67. The summed E-state index contributed by atoms with van der Waals surface area (Å²) in [4.78, 5) is 27.8. The van der Waals surface area contributed by atoms with Crippen molar-refractivity contribution in [3.8, 4) is 0 Å². The average molecular weight is 467 g/mol. The third-order valence-electron chi connectivity index (χ3n) is 4.77. The van der Waals surface area contributed by atoms with Crippen molar-refractivity contribution in [3.63, 3.8) is 0 Å². The molecule has 1 saturated heterocycles. The van der Waals surface area contributed by atoms with Gasteiger partial charge in [-0.05, 0) is 43.5 Å². The Balaban J connectivity index is 1.70. The van der Waals surface area contributed by atoms with E-state index in [9.17, 15) is 23.1 Å². The molecule has 0 aliphatic carbocycles. The summed E-state index contributed by atoms with van der Waals surface area (Å²) in [6.07, 6.45) is 0. The number of nitrogens with zero attached hydrogens (tertiary/aromatic N) is 2. The summed E-state index contributed by atoms with van der Waals surface area (Å²) in [6.45, 7) is 6.50. The van der Waals surface area contributed by atoms with E-state index in [0.717, 1.165) is 11.3 Å². The molecule has 0 radical (unpaired) electrons. The molecule has 3 rings (SSSR count). The molecular formula is C20H26N4O5S2. The number of hydrogen-bond acceptors (Lipinski definition) is 7. The van der Waals surface area contributed by atoms with Crippen LogP contribution in [0.4, 0.5) is 11.4 Å². The third-order valence-corrected chi connectivity index (χ3v) is 7.55. The van der Waals surface area contributed by atoms with Gasteiger partial charge < -0.3 is 15.3 Å². The average Bonchev–Trinajstić information content (AvgIpc) is 3.23. The minimum atomic E-state index is -3.76. The monoisotopic (exact) mass is 466 g/mol. The number of benzene rings is 1. The first-order valence-electron chi connectivity index (χ1n) is 9.86. The molecule has 0 unspecified atom stereocenters. The second-order valence-corrected chi connectivity index (χ2v) is 10.4. The van der Waals surface area contributed by atoms with Crippen molar-refractivity contribution in [2.24, 2.45) is 0 Å². The minimum absolute atomic E-state index is 0.0254. The van der Waals surface area contributed by atoms with Gasteiger partial charge in [-0.2, -0.15) is 0 Å². The van der Waals surface area contributed by atoms with Crippen molar-refractivity contribution < 1.29 is 23.1 Å². The number of carbonyl (C=O) groups is 2. The first-order chi connectivity index (χ1) is 14.7. The maximum atomic E-state index is 12.4. The fourth-order valence-electron chi connectivity index (χ4n) is 3.39. The number of thiophene rings is 1. The fourth-order valence-corrected chi connectivity index (χ4v) is 5.43. The molecule has 1 amide bonds. The lowest BCUT2D eigenvalue weighted by molar-refractivity contribution is -0.122. The zero-order valence-corrected chi connectivity index (χ0v) is 19.0. The van der Waals surface area contributed by atoms with Crippen molar-refractivity contribution in [2.75, 3.05) is 42.3 Å². The van der Waals surface area contributed by atoms with E-state index in [1.165, 1.54) is 12.1 Å². The van der Waals surface area contributed by atoms with Gasteiger partial charge in [0, 0.05) is 37.9 Å². The predicted molar refractivity (Wildman–Crippen MR) is 120 cm³/mol. The molecule has 9 nitrogen and oxygen atoms in total. The number of hydrogen-bond donors (Lipinski definition) is 3. The standard InChI is InChI=1S/C20H26N4O5S2/c1-14(2)21-18(25)13-23-7-9-24(10-8-23)17-6-5-15(12-16(17)20(26)27)22-31(28,29)19-4-3-11-30-19/h3-6,11-12,14,22H,7-10,13H2,1-2H3,(H,21,25)(H,26,27). The van der Waals surface area contributed by atoms with Crippen molar-refractivity contribution >= 4 is 44.6 Å². The molecule has 31 heavy (non-hydrogen) atoms. The molecule has 3 N–H and O–H groups in total. The van der Waals surface area contributed by atoms with E-state index in [0.29, 0.717) is 38.4 Å². The summed E-state index contributed by atoms with van der Waals surface area (Å²) in [6, 6.07) is 7.73. The molecular weight excluding hydrogens is 440 g/mol. The molecule has 0 saturated carbocycles. The summed E-state index contributed by atoms with van der Waals surface area (Å²) < 4.78 is 27.4. The van der Waals surface area contributed by atoms with Gasteiger partial charge in [0.1, 0.15) is 4.21 Å². The van der Waals surface area contributed by atoms with Crippen LogP contribution in [0.25, 0.3) is 0 Å². The number of carbonyl (C=O) groups excluding carboxylic acids is 1. The van der Waals surface area contributed by atoms with E-state index in [4.69, 9.17) is 0 Å². The molecule has 2 heterocycles. The molecule has 1 aromatic heterocycles. The maximum Gasteiger partial charge on any atom is 0.337 e. The zero-order valence-electron chi connectivity index (χ0n) is 17.4. The highest BCUT2D eigenvalue weighted by Crippen LogP contribution is 2.27. The van der Waals surface area contributed by atoms with Gasteiger partial charge in [0.2, 0.25) is 5.91 Å². The fraction of sp³-hybridized carbons (Fsp3) is 0.400. The number of anilines is 2. The molecule has 1 fully saturated rings. The molecule has 2 aromatic rings. The van der Waals surface area contributed by atoms with Crippen LogP contribution in [-0.4, -0.2) is 69.1 Å². The summed E-state index contributed by atoms with van der Waals surface area (Å²) >= 11 is 1.08. The molecule has 0 bridgehead atoms. The Kier molecular flexibility index (Phi) is 7.19. The van der Waals surface area contributed by atoms with E-state index in [1.54, 1.807) is 23.6 Å². The van der Waals surface area contributed by atoms with Gasteiger partial charge in [0.25, 0.3) is 10.0 Å². The van der Waals surface area contributed by atoms with Gasteiger partial charge in [0.05, 0.1) is 17.8 Å². The normalized spacial score (nSPS) is 15.1. The first-order valence-corrected chi connectivity index (χ1v) is 12.2. The first kappa shape index (κ1) is 23.0. The Morgan fingerprint density at radius 2 is 1.87 bits per heavy atom. The van der Waals surface area contributed by atoms with Crippen LogP contribution in [0.15, 0.2) is 39.9 Å². The van der Waals surface area contributed by atoms with E-state index >= 15 is 0 Å². The van der Waals surface area contributed by atoms with Crippen molar-refractivity contribution in [1.29, 1.82) is 0 Å². The predicted octanol–water partition coefficient (Wildman–Crippen LogP) is 1.89. The van der Waals surface area contributed by atoms with Crippen molar-refractivity contribution in [2.45, 2.75) is 24.1 Å². The van der Waals surface area contributed by atoms with Crippen molar-refractivity contribution in [3.05, 3.63) is 41.3 Å². The SMILES string of the molecule is CC(C)NC(=O)CN1CCN(c2ccc(NS(=O)(=O)c3cccs3)cc2C(=O)O)CC1. The maximum absolute atomic E-state index is 12.4. The van der Waals surface area contributed by atoms with Crippen LogP contribution in [0, 0.1) is 0 Å². The number of carboxylic acid groups (broad SMARTS) is 1. The summed E-state index contributed by atoms with van der Waals surface area (Å²) in [7, 11) is -3.76. The van der Waals surface area contributed by atoms with Crippen LogP contribution in [-0.2, 0) is 14.8 Å². The number of carboxylic acids is 1. The number of rotatable bonds is 8. The summed E-state index contributed by atoms with van der Waals surface area (Å²) in [5.74, 6) is -1.16. The van der Waals surface area contributed by atoms with Gasteiger partial charge in [-0.25, -0.2) is 13.2 Å². The highest BCUT2D eigenvalue weighted by Gasteiger charge is 2.24. The number of piperazine rings is 1. The molecule has 1 aliphatic heterocycles. The van der Waals surface area contributed by atoms with E-state index < -0.39 is 16.0 Å². The number of sulfonamides is 1. The molecule has 1 aromatic carbocycles. The van der Waals surface area contributed by atoms with Crippen LogP contribution in [0.1, 0.15) is 24.2 Å². The lowest BCUT2D eigenvalue weighted by Gasteiger charge is -2.36. The number of aromatic carboxylic acids is 1. The Labute approximate surface area is 185 Å². The zero-order chi connectivity index (χ0) is 22.6. The number of nitrogens with one attached hydrogen (secondary N) is 2. The summed E-state index contributed by atoms with van der Waals surface area (Å²) in [5, 5.41) is 14.2. The molecule has 0 atom stereocenters. The molecule has 1 aliphatic rings. The number of amides is 1. The van der Waals surface area contributed by atoms with Gasteiger partial charge in [-0.15, -0.1) is 11.3 Å². The second-order valence-electron chi connectivity index (χ2n) is 7.56. The summed E-state index contributed by atoms with van der Waals surface area (Å²) in [5.41, 5.74) is 0.744. The Hall–Kier alpha value is -2.63. The molecule has 11 heteroatoms. The van der Waals surface area contributed by atoms with E-state index in [-0.39, 0.29) is 27.4 Å². The quantitative estimate of drug-likeness (QED) is 0.544. The Morgan fingerprint density at radius 3 is 2.45 bits per heavy atom. The highest BCUT2D eigenvalue weighted by atomic mass is 32.2. The Bertz CT molecular complexity index is 1030. The minimum Gasteiger partial charge on any atom is -0.478 e. The largest absolute Gasteiger partial charge is 0.478 e. The van der Waals surface area contributed by atoms with Crippen LogP contribution < -0.4 is 14.9 Å². The lowest BCUT2D eigenvalue weighted by Crippen LogP contribution is -2.50. The highest BCUT2D eigenvalue weighted by molar-refractivity contribution is 7.94. The van der Waals surface area contributed by atoms with Crippen LogP contribution >= 0.6 is 11.3 Å². The molecule has 168 valence electrons. The third kappa shape index (κ3) is 5.96. The van der Waals surface area contributed by atoms with E-state index in [2.05, 4.69) is 10.0 Å². The van der Waals surface area contributed by atoms with Gasteiger partial charge in [-0.3, -0.25) is 14.4 Å². The van der Waals surface area contributed by atoms with Crippen molar-refractivity contribution in [1.82, 2.24) is 10.2 Å². The lowest BCUT2D eigenvalue weighted by atomic mass is 10.1. The van der Waals surface area contributed by atoms with Gasteiger partial charge in [-0.1, -0.05) is 6.07 Å². The smallest absolute Gasteiger partial charge is 0.337 e. The topological polar surface area (TPSA) is 119 Å². The van der Waals surface area contributed by atoms with Crippen LogP contribution in [0.5, 0.6) is 0 Å². The van der Waals surface area contributed by atoms with Crippen LogP contribution in [0.3, 0.4) is 0 Å². The van der Waals surface area contributed by atoms with Gasteiger partial charge >= 0.3 is 5.97 Å².